The van der Waals surface area contributed by atoms with E-state index >= 15 is 0 Å². The summed E-state index contributed by atoms with van der Waals surface area (Å²) in [6.07, 6.45) is 2.95. The van der Waals surface area contributed by atoms with Gasteiger partial charge in [-0.2, -0.15) is 0 Å². The molecule has 0 aliphatic carbocycles. The molecule has 0 amide bonds. The van der Waals surface area contributed by atoms with Crippen molar-refractivity contribution in [3.8, 4) is 0 Å². The maximum atomic E-state index is 11.9. The monoisotopic (exact) mass is 205 g/mol. The Morgan fingerprint density at radius 3 is 2.64 bits per heavy atom. The van der Waals surface area contributed by atoms with E-state index in [1.165, 1.54) is 0 Å². The van der Waals surface area contributed by atoms with Crippen molar-refractivity contribution in [2.45, 2.75) is 25.4 Å². The Labute approximate surface area is 84.9 Å². The molecule has 0 atom stereocenters. The first kappa shape index (κ1) is 11.9. The molecular formula is C10H20FNO2. The Hall–Kier alpha value is -0.190. The zero-order valence-electron chi connectivity index (χ0n) is 8.62. The van der Waals surface area contributed by atoms with Crippen LogP contribution in [0.25, 0.3) is 0 Å². The largest absolute Gasteiger partial charge is 0.394 e. The molecular weight excluding hydrogens is 185 g/mol. The molecule has 0 aromatic carbocycles. The smallest absolute Gasteiger partial charge is 0.0906 e. The topological polar surface area (TPSA) is 32.7 Å². The van der Waals surface area contributed by atoms with Crippen LogP contribution in [0.3, 0.4) is 0 Å². The quantitative estimate of drug-likeness (QED) is 0.697. The number of likely N-dealkylation sites (tertiary alicyclic amines) is 1. The van der Waals surface area contributed by atoms with Gasteiger partial charge in [-0.15, -0.1) is 0 Å². The lowest BCUT2D eigenvalue weighted by Crippen LogP contribution is -2.38. The molecule has 0 aromatic heterocycles. The fraction of sp³-hybridized carbons (Fsp3) is 1.00. The van der Waals surface area contributed by atoms with Crippen molar-refractivity contribution in [2.24, 2.45) is 0 Å². The van der Waals surface area contributed by atoms with Gasteiger partial charge in [0.2, 0.25) is 0 Å². The molecule has 0 aromatic rings. The summed E-state index contributed by atoms with van der Waals surface area (Å²) < 4.78 is 17.3. The van der Waals surface area contributed by atoms with E-state index in [0.29, 0.717) is 19.1 Å². The summed E-state index contributed by atoms with van der Waals surface area (Å²) in [6, 6.07) is 0. The average Bonchev–Trinajstić information content (AvgIpc) is 2.25. The minimum atomic E-state index is -0.221. The Morgan fingerprint density at radius 1 is 1.36 bits per heavy atom. The van der Waals surface area contributed by atoms with E-state index in [1.807, 2.05) is 0 Å². The highest BCUT2D eigenvalue weighted by molar-refractivity contribution is 4.72. The third-order valence-electron chi connectivity index (χ3n) is 2.59. The Kier molecular flexibility index (Phi) is 6.07. The summed E-state index contributed by atoms with van der Waals surface area (Å²) in [5, 5.41) is 8.59. The van der Waals surface area contributed by atoms with Crippen LogP contribution in [0.4, 0.5) is 4.39 Å². The molecule has 1 heterocycles. The normalized spacial score (nSPS) is 20.1. The van der Waals surface area contributed by atoms with Crippen LogP contribution in [0.5, 0.6) is 0 Å². The van der Waals surface area contributed by atoms with Gasteiger partial charge in [0, 0.05) is 19.6 Å². The van der Waals surface area contributed by atoms with Gasteiger partial charge in [-0.25, -0.2) is 0 Å². The Bertz CT molecular complexity index is 122. The molecule has 14 heavy (non-hydrogen) atoms. The molecule has 1 fully saturated rings. The number of alkyl halides is 1. The molecule has 1 aliphatic rings. The van der Waals surface area contributed by atoms with Crippen LogP contribution in [0.1, 0.15) is 19.3 Å². The van der Waals surface area contributed by atoms with E-state index in [2.05, 4.69) is 4.90 Å². The highest BCUT2D eigenvalue weighted by Crippen LogP contribution is 2.13. The third kappa shape index (κ3) is 4.35. The summed E-state index contributed by atoms with van der Waals surface area (Å²) in [4.78, 5) is 2.28. The van der Waals surface area contributed by atoms with Crippen LogP contribution in [0.15, 0.2) is 0 Å². The second-order valence-corrected chi connectivity index (χ2v) is 3.68. The number of nitrogens with zero attached hydrogens (tertiary/aromatic N) is 1. The number of aliphatic hydroxyl groups is 1. The third-order valence-corrected chi connectivity index (χ3v) is 2.59. The maximum absolute atomic E-state index is 11.9. The average molecular weight is 205 g/mol. The van der Waals surface area contributed by atoms with E-state index < -0.39 is 0 Å². The Balaban J connectivity index is 2.05. The molecule has 0 unspecified atom stereocenters. The highest BCUT2D eigenvalue weighted by atomic mass is 19.1. The number of ether oxygens (including phenoxy) is 1. The van der Waals surface area contributed by atoms with Crippen LogP contribution in [-0.4, -0.2) is 55.6 Å². The first-order chi connectivity index (χ1) is 6.86. The van der Waals surface area contributed by atoms with Crippen molar-refractivity contribution >= 4 is 0 Å². The lowest BCUT2D eigenvalue weighted by atomic mass is 10.1. The minimum Gasteiger partial charge on any atom is -0.394 e. The van der Waals surface area contributed by atoms with Gasteiger partial charge in [0.25, 0.3) is 0 Å². The van der Waals surface area contributed by atoms with Gasteiger partial charge in [0.15, 0.2) is 0 Å². The second kappa shape index (κ2) is 7.15. The summed E-state index contributed by atoms with van der Waals surface area (Å²) in [7, 11) is 0. The summed E-state index contributed by atoms with van der Waals surface area (Å²) in [6.45, 7) is 3.17. The number of halogens is 1. The molecule has 3 nitrogen and oxygen atoms in total. The van der Waals surface area contributed by atoms with E-state index in [0.717, 1.165) is 32.5 Å². The summed E-state index contributed by atoms with van der Waals surface area (Å²) in [5.74, 6) is 0. The Morgan fingerprint density at radius 2 is 2.07 bits per heavy atom. The van der Waals surface area contributed by atoms with Crippen LogP contribution in [0, 0.1) is 0 Å². The zero-order valence-corrected chi connectivity index (χ0v) is 8.62. The molecule has 1 N–H and O–H groups in total. The van der Waals surface area contributed by atoms with E-state index in [9.17, 15) is 4.39 Å². The van der Waals surface area contributed by atoms with Gasteiger partial charge in [0.1, 0.15) is 0 Å². The van der Waals surface area contributed by atoms with Crippen molar-refractivity contribution in [3.05, 3.63) is 0 Å². The van der Waals surface area contributed by atoms with Crippen LogP contribution >= 0.6 is 0 Å². The fourth-order valence-electron chi connectivity index (χ4n) is 1.80. The molecule has 0 bridgehead atoms. The molecule has 0 saturated carbocycles. The van der Waals surface area contributed by atoms with Gasteiger partial charge < -0.3 is 14.7 Å². The number of aliphatic hydroxyl groups excluding tert-OH is 1. The molecule has 1 rings (SSSR count). The zero-order chi connectivity index (χ0) is 10.2. The molecule has 1 aliphatic heterocycles. The molecule has 0 radical (unpaired) electrons. The van der Waals surface area contributed by atoms with Gasteiger partial charge in [-0.05, 0) is 19.3 Å². The van der Waals surface area contributed by atoms with E-state index in [1.54, 1.807) is 0 Å². The standard InChI is InChI=1S/C10H20FNO2/c11-4-1-5-12-6-2-10(3-7-12)14-9-8-13/h10,13H,1-9H2. The second-order valence-electron chi connectivity index (χ2n) is 3.68. The van der Waals surface area contributed by atoms with Crippen LogP contribution in [0.2, 0.25) is 0 Å². The van der Waals surface area contributed by atoms with Crippen molar-refractivity contribution in [2.75, 3.05) is 39.5 Å². The van der Waals surface area contributed by atoms with E-state index in [4.69, 9.17) is 9.84 Å². The maximum Gasteiger partial charge on any atom is 0.0906 e. The minimum absolute atomic E-state index is 0.0993. The highest BCUT2D eigenvalue weighted by Gasteiger charge is 2.18. The van der Waals surface area contributed by atoms with Crippen molar-refractivity contribution in [1.29, 1.82) is 0 Å². The lowest BCUT2D eigenvalue weighted by molar-refractivity contribution is -0.00799. The molecule has 4 heteroatoms. The summed E-state index contributed by atoms with van der Waals surface area (Å²) >= 11 is 0. The first-order valence-corrected chi connectivity index (χ1v) is 5.37. The predicted molar refractivity (Wildman–Crippen MR) is 53.1 cm³/mol. The summed E-state index contributed by atoms with van der Waals surface area (Å²) in [5.41, 5.74) is 0. The number of hydrogen-bond donors (Lipinski definition) is 1. The molecule has 0 spiro atoms. The molecule has 84 valence electrons. The van der Waals surface area contributed by atoms with Gasteiger partial charge in [-0.1, -0.05) is 0 Å². The number of rotatable bonds is 6. The number of hydrogen-bond acceptors (Lipinski definition) is 3. The predicted octanol–water partition coefficient (Wildman–Crippen LogP) is 0.819. The van der Waals surface area contributed by atoms with Crippen molar-refractivity contribution in [3.63, 3.8) is 0 Å². The van der Waals surface area contributed by atoms with E-state index in [-0.39, 0.29) is 13.3 Å². The van der Waals surface area contributed by atoms with Crippen molar-refractivity contribution < 1.29 is 14.2 Å². The first-order valence-electron chi connectivity index (χ1n) is 5.37. The van der Waals surface area contributed by atoms with Crippen LogP contribution in [-0.2, 0) is 4.74 Å². The lowest BCUT2D eigenvalue weighted by Gasteiger charge is -2.31. The van der Waals surface area contributed by atoms with Gasteiger partial charge in [0.05, 0.1) is 26.0 Å². The van der Waals surface area contributed by atoms with Crippen molar-refractivity contribution in [1.82, 2.24) is 4.90 Å². The number of piperidine rings is 1. The fourth-order valence-corrected chi connectivity index (χ4v) is 1.80. The van der Waals surface area contributed by atoms with Crippen LogP contribution < -0.4 is 0 Å². The SMILES string of the molecule is OCCOC1CCN(CCCF)CC1. The molecule has 1 saturated heterocycles. The van der Waals surface area contributed by atoms with Gasteiger partial charge in [-0.3, -0.25) is 4.39 Å². The van der Waals surface area contributed by atoms with Gasteiger partial charge >= 0.3 is 0 Å².